The van der Waals surface area contributed by atoms with Crippen molar-refractivity contribution in [1.29, 1.82) is 0 Å². The van der Waals surface area contributed by atoms with E-state index >= 15 is 0 Å². The molecular formula is C15H11F4NO4. The van der Waals surface area contributed by atoms with Gasteiger partial charge in [-0.25, -0.2) is 9.18 Å². The maximum absolute atomic E-state index is 13.5. The van der Waals surface area contributed by atoms with Gasteiger partial charge in [-0.15, -0.1) is 0 Å². The van der Waals surface area contributed by atoms with Gasteiger partial charge in [0.15, 0.2) is 5.75 Å². The number of carboxylic acid groups (broad SMARTS) is 1. The zero-order valence-corrected chi connectivity index (χ0v) is 12.4. The summed E-state index contributed by atoms with van der Waals surface area (Å²) in [4.78, 5) is 25.5. The average Bonchev–Trinajstić information content (AvgIpc) is 2.46. The molecule has 0 saturated heterocycles. The van der Waals surface area contributed by atoms with Crippen LogP contribution in [0.5, 0.6) is 5.75 Å². The van der Waals surface area contributed by atoms with E-state index in [0.717, 1.165) is 13.2 Å². The summed E-state index contributed by atoms with van der Waals surface area (Å²) in [5.74, 6) is -3.16. The first kappa shape index (κ1) is 17.5. The van der Waals surface area contributed by atoms with Crippen LogP contribution in [0.4, 0.5) is 17.6 Å². The molecule has 0 atom stereocenters. The molecule has 0 unspecified atom stereocenters. The van der Waals surface area contributed by atoms with Crippen molar-refractivity contribution in [2.45, 2.75) is 13.1 Å². The van der Waals surface area contributed by atoms with Crippen LogP contribution in [0.25, 0.3) is 11.3 Å². The second-order valence-corrected chi connectivity index (χ2v) is 4.89. The van der Waals surface area contributed by atoms with Gasteiger partial charge >= 0.3 is 12.1 Å². The summed E-state index contributed by atoms with van der Waals surface area (Å²) in [6.45, 7) is 1.27. The fourth-order valence-electron chi connectivity index (χ4n) is 2.31. The molecule has 24 heavy (non-hydrogen) atoms. The molecular weight excluding hydrogens is 334 g/mol. The summed E-state index contributed by atoms with van der Waals surface area (Å²) in [6, 6.07) is 1.70. The van der Waals surface area contributed by atoms with Gasteiger partial charge in [-0.1, -0.05) is 0 Å². The molecule has 1 aromatic heterocycles. The number of rotatable bonds is 3. The van der Waals surface area contributed by atoms with Crippen LogP contribution >= 0.6 is 0 Å². The average molecular weight is 345 g/mol. The minimum atomic E-state index is -4.80. The quantitative estimate of drug-likeness (QED) is 0.837. The number of H-pyrrole nitrogens is 1. The Balaban J connectivity index is 2.82. The Labute approximate surface area is 132 Å². The standard InChI is InChI=1S/C15H11F4NO4/c1-6-10(14(22)23)12(24-2)13(21)20-11(6)7-3-8(15(17,18)19)5-9(16)4-7/h3-5H,1-2H3,(H,20,21)(H,22,23). The summed E-state index contributed by atoms with van der Waals surface area (Å²) in [7, 11) is 1.08. The highest BCUT2D eigenvalue weighted by Crippen LogP contribution is 2.34. The van der Waals surface area contributed by atoms with Gasteiger partial charge in [-0.3, -0.25) is 4.79 Å². The Bertz CT molecular complexity index is 871. The fourth-order valence-corrected chi connectivity index (χ4v) is 2.31. The molecule has 0 aliphatic heterocycles. The van der Waals surface area contributed by atoms with Gasteiger partial charge in [0.25, 0.3) is 5.56 Å². The molecule has 2 rings (SSSR count). The number of carbonyl (C=O) groups is 1. The van der Waals surface area contributed by atoms with E-state index in [2.05, 4.69) is 4.98 Å². The van der Waals surface area contributed by atoms with Gasteiger partial charge in [-0.2, -0.15) is 13.2 Å². The molecule has 1 aromatic carbocycles. The van der Waals surface area contributed by atoms with Gasteiger partial charge < -0.3 is 14.8 Å². The van der Waals surface area contributed by atoms with Crippen molar-refractivity contribution in [2.75, 3.05) is 7.11 Å². The number of ether oxygens (including phenoxy) is 1. The molecule has 128 valence electrons. The number of benzene rings is 1. The van der Waals surface area contributed by atoms with Crippen molar-refractivity contribution in [3.63, 3.8) is 0 Å². The first-order chi connectivity index (χ1) is 11.1. The normalized spacial score (nSPS) is 11.4. The van der Waals surface area contributed by atoms with Gasteiger partial charge in [-0.05, 0) is 30.7 Å². The molecule has 1 heterocycles. The smallest absolute Gasteiger partial charge is 0.416 e. The Morgan fingerprint density at radius 1 is 1.25 bits per heavy atom. The van der Waals surface area contributed by atoms with Crippen LogP contribution in [-0.2, 0) is 6.18 Å². The predicted molar refractivity (Wildman–Crippen MR) is 75.7 cm³/mol. The van der Waals surface area contributed by atoms with E-state index in [0.29, 0.717) is 12.1 Å². The Hall–Kier alpha value is -2.84. The molecule has 0 spiro atoms. The Morgan fingerprint density at radius 3 is 2.38 bits per heavy atom. The highest BCUT2D eigenvalue weighted by atomic mass is 19.4. The predicted octanol–water partition coefficient (Wildman–Crippen LogP) is 3.22. The first-order valence-electron chi connectivity index (χ1n) is 6.48. The van der Waals surface area contributed by atoms with Crippen LogP contribution in [-0.4, -0.2) is 23.2 Å². The highest BCUT2D eigenvalue weighted by molar-refractivity contribution is 5.94. The summed E-state index contributed by atoms with van der Waals surface area (Å²) < 4.78 is 56.7. The maximum Gasteiger partial charge on any atom is 0.416 e. The lowest BCUT2D eigenvalue weighted by Gasteiger charge is -2.14. The number of hydrogen-bond donors (Lipinski definition) is 2. The molecule has 0 bridgehead atoms. The third-order valence-electron chi connectivity index (χ3n) is 3.35. The van der Waals surface area contributed by atoms with Gasteiger partial charge in [0, 0.05) is 5.56 Å². The molecule has 0 aliphatic carbocycles. The van der Waals surface area contributed by atoms with E-state index < -0.39 is 40.4 Å². The van der Waals surface area contributed by atoms with Crippen LogP contribution in [0.2, 0.25) is 0 Å². The number of aromatic carboxylic acids is 1. The number of halogens is 4. The van der Waals surface area contributed by atoms with Gasteiger partial charge in [0.1, 0.15) is 11.4 Å². The summed E-state index contributed by atoms with van der Waals surface area (Å²) in [5.41, 5.74) is -3.31. The molecule has 0 radical (unpaired) electrons. The lowest BCUT2D eigenvalue weighted by atomic mass is 9.99. The summed E-state index contributed by atoms with van der Waals surface area (Å²) >= 11 is 0. The summed E-state index contributed by atoms with van der Waals surface area (Å²) in [5, 5.41) is 9.22. The number of pyridine rings is 1. The number of alkyl halides is 3. The lowest BCUT2D eigenvalue weighted by molar-refractivity contribution is -0.137. The van der Waals surface area contributed by atoms with E-state index in [1.54, 1.807) is 0 Å². The van der Waals surface area contributed by atoms with Crippen LogP contribution < -0.4 is 10.3 Å². The third kappa shape index (κ3) is 3.10. The third-order valence-corrected chi connectivity index (χ3v) is 3.35. The van der Waals surface area contributed by atoms with Crippen molar-refractivity contribution >= 4 is 5.97 Å². The van der Waals surface area contributed by atoms with E-state index in [1.807, 2.05) is 0 Å². The molecule has 2 aromatic rings. The lowest BCUT2D eigenvalue weighted by Crippen LogP contribution is -2.18. The van der Waals surface area contributed by atoms with Crippen LogP contribution in [0.15, 0.2) is 23.0 Å². The largest absolute Gasteiger partial charge is 0.490 e. The molecule has 5 nitrogen and oxygen atoms in total. The molecule has 0 saturated carbocycles. The van der Waals surface area contributed by atoms with Crippen molar-refractivity contribution in [1.82, 2.24) is 4.98 Å². The number of hydrogen-bond acceptors (Lipinski definition) is 3. The van der Waals surface area contributed by atoms with E-state index in [1.165, 1.54) is 6.92 Å². The van der Waals surface area contributed by atoms with Crippen molar-refractivity contribution in [3.8, 4) is 17.0 Å². The number of nitrogens with one attached hydrogen (secondary N) is 1. The van der Waals surface area contributed by atoms with E-state index in [9.17, 15) is 32.3 Å². The zero-order valence-electron chi connectivity index (χ0n) is 12.4. The number of aromatic nitrogens is 1. The van der Waals surface area contributed by atoms with Crippen molar-refractivity contribution < 1.29 is 32.2 Å². The van der Waals surface area contributed by atoms with Crippen molar-refractivity contribution in [3.05, 3.63) is 51.1 Å². The molecule has 0 amide bonds. The van der Waals surface area contributed by atoms with Crippen LogP contribution in [0.3, 0.4) is 0 Å². The van der Waals surface area contributed by atoms with Crippen molar-refractivity contribution in [2.24, 2.45) is 0 Å². The van der Waals surface area contributed by atoms with Gasteiger partial charge in [0.05, 0.1) is 18.4 Å². The van der Waals surface area contributed by atoms with E-state index in [-0.39, 0.29) is 16.8 Å². The zero-order chi connectivity index (χ0) is 18.2. The van der Waals surface area contributed by atoms with Crippen LogP contribution in [0, 0.1) is 12.7 Å². The fraction of sp³-hybridized carbons (Fsp3) is 0.200. The topological polar surface area (TPSA) is 79.4 Å². The summed E-state index contributed by atoms with van der Waals surface area (Å²) in [6.07, 6.45) is -4.80. The minimum Gasteiger partial charge on any atom is -0.490 e. The highest BCUT2D eigenvalue weighted by Gasteiger charge is 2.32. The Morgan fingerprint density at radius 2 is 1.88 bits per heavy atom. The Kier molecular flexibility index (Phi) is 4.37. The second kappa shape index (κ2) is 5.99. The first-order valence-corrected chi connectivity index (χ1v) is 6.48. The molecule has 0 aliphatic rings. The maximum atomic E-state index is 13.5. The number of aromatic amines is 1. The monoisotopic (exact) mass is 345 g/mol. The molecule has 2 N–H and O–H groups in total. The molecule has 9 heteroatoms. The van der Waals surface area contributed by atoms with Gasteiger partial charge in [0.2, 0.25) is 0 Å². The SMILES string of the molecule is COc1c(C(=O)O)c(C)c(-c2cc(F)cc(C(F)(F)F)c2)[nH]c1=O. The molecule has 0 fully saturated rings. The number of carboxylic acids is 1. The van der Waals surface area contributed by atoms with E-state index in [4.69, 9.17) is 4.74 Å². The van der Waals surface area contributed by atoms with Crippen LogP contribution in [0.1, 0.15) is 21.5 Å². The number of methoxy groups -OCH3 is 1. The minimum absolute atomic E-state index is 0.0577. The second-order valence-electron chi connectivity index (χ2n) is 4.89.